The molecule has 1 rings (SSSR count). The summed E-state index contributed by atoms with van der Waals surface area (Å²) >= 11 is 0. The summed E-state index contributed by atoms with van der Waals surface area (Å²) in [6, 6.07) is 3.69. The number of hydrogen-bond acceptors (Lipinski definition) is 2. The highest BCUT2D eigenvalue weighted by Crippen LogP contribution is 2.29. The lowest BCUT2D eigenvalue weighted by molar-refractivity contribution is -0.137. The van der Waals surface area contributed by atoms with Crippen LogP contribution in [0.15, 0.2) is 24.3 Å². The Bertz CT molecular complexity index is 390. The normalized spacial score (nSPS) is 11.1. The zero-order valence-corrected chi connectivity index (χ0v) is 9.77. The average molecular weight is 261 g/mol. The van der Waals surface area contributed by atoms with Gasteiger partial charge in [0.2, 0.25) is 0 Å². The Hall–Kier alpha value is -1.76. The molecule has 0 aliphatic carbocycles. The lowest BCUT2D eigenvalue weighted by atomic mass is 10.2. The fourth-order valence-corrected chi connectivity index (χ4v) is 1.17. The molecule has 2 amide bonds. The van der Waals surface area contributed by atoms with Crippen molar-refractivity contribution in [2.24, 2.45) is 0 Å². The summed E-state index contributed by atoms with van der Waals surface area (Å²) in [6.45, 7) is 2.54. The van der Waals surface area contributed by atoms with E-state index in [0.29, 0.717) is 12.2 Å². The molecule has 0 unspecified atom stereocenters. The lowest BCUT2D eigenvalue weighted by Gasteiger charge is -2.10. The minimum Gasteiger partial charge on any atom is -0.307 e. The summed E-state index contributed by atoms with van der Waals surface area (Å²) in [5.41, 5.74) is 4.54. The Balaban J connectivity index is 2.51. The Labute approximate surface area is 103 Å². The van der Waals surface area contributed by atoms with Crippen LogP contribution in [0, 0.1) is 0 Å². The van der Waals surface area contributed by atoms with Gasteiger partial charge in [0, 0.05) is 12.2 Å². The molecule has 0 atom stereocenters. The fraction of sp³-hybridized carbons (Fsp3) is 0.364. The van der Waals surface area contributed by atoms with Gasteiger partial charge < -0.3 is 5.32 Å². The highest BCUT2D eigenvalue weighted by Gasteiger charge is 2.29. The van der Waals surface area contributed by atoms with Crippen molar-refractivity contribution in [2.45, 2.75) is 19.5 Å². The number of benzene rings is 1. The van der Waals surface area contributed by atoms with Crippen LogP contribution >= 0.6 is 0 Å². The number of rotatable bonds is 4. The zero-order chi connectivity index (χ0) is 13.6. The minimum absolute atomic E-state index is 0.291. The maximum absolute atomic E-state index is 12.3. The Morgan fingerprint density at radius 3 is 2.33 bits per heavy atom. The summed E-state index contributed by atoms with van der Waals surface area (Å²) in [5, 5.41) is 2.40. The first-order valence-electron chi connectivity index (χ1n) is 5.40. The number of carbonyl (C=O) groups is 1. The molecule has 0 aliphatic rings. The van der Waals surface area contributed by atoms with Gasteiger partial charge in [0.05, 0.1) is 5.56 Å². The van der Waals surface area contributed by atoms with E-state index in [-0.39, 0.29) is 0 Å². The van der Waals surface area contributed by atoms with Crippen LogP contribution in [-0.4, -0.2) is 12.6 Å². The molecule has 3 N–H and O–H groups in total. The highest BCUT2D eigenvalue weighted by atomic mass is 19.4. The molecule has 0 heterocycles. The fourth-order valence-electron chi connectivity index (χ4n) is 1.17. The Morgan fingerprint density at radius 1 is 1.22 bits per heavy atom. The number of halogens is 3. The van der Waals surface area contributed by atoms with Gasteiger partial charge in [0.25, 0.3) is 0 Å². The van der Waals surface area contributed by atoms with Gasteiger partial charge in [-0.05, 0) is 30.7 Å². The van der Waals surface area contributed by atoms with Crippen molar-refractivity contribution in [1.29, 1.82) is 0 Å². The molecule has 0 spiro atoms. The molecular formula is C11H14F3N3O. The van der Waals surface area contributed by atoms with Crippen LogP contribution in [0.1, 0.15) is 18.9 Å². The summed E-state index contributed by atoms with van der Waals surface area (Å²) in [7, 11) is 0. The van der Waals surface area contributed by atoms with Gasteiger partial charge in [-0.15, -0.1) is 0 Å². The molecule has 0 radical (unpaired) electrons. The Kier molecular flexibility index (Phi) is 4.96. The summed E-state index contributed by atoms with van der Waals surface area (Å²) in [5.74, 6) is 0. The van der Waals surface area contributed by atoms with Gasteiger partial charge in [-0.2, -0.15) is 13.2 Å². The quantitative estimate of drug-likeness (QED) is 0.576. The standard InChI is InChI=1S/C11H14F3N3O/c1-2-7-15-17-10(18)16-9-5-3-8(4-6-9)11(12,13)14/h3-6,15H,2,7H2,1H3,(H2,16,17,18). The molecular weight excluding hydrogens is 247 g/mol. The van der Waals surface area contributed by atoms with Gasteiger partial charge in [0.15, 0.2) is 0 Å². The molecule has 18 heavy (non-hydrogen) atoms. The second kappa shape index (κ2) is 6.25. The van der Waals surface area contributed by atoms with E-state index < -0.39 is 17.8 Å². The van der Waals surface area contributed by atoms with E-state index in [1.54, 1.807) is 0 Å². The van der Waals surface area contributed by atoms with Crippen LogP contribution in [0.4, 0.5) is 23.7 Å². The third-order valence-corrected chi connectivity index (χ3v) is 2.05. The van der Waals surface area contributed by atoms with Crippen molar-refractivity contribution in [3.8, 4) is 0 Å². The van der Waals surface area contributed by atoms with Gasteiger partial charge >= 0.3 is 12.2 Å². The number of anilines is 1. The van der Waals surface area contributed by atoms with E-state index >= 15 is 0 Å². The number of urea groups is 1. The zero-order valence-electron chi connectivity index (χ0n) is 9.77. The van der Waals surface area contributed by atoms with E-state index in [9.17, 15) is 18.0 Å². The summed E-state index contributed by atoms with van der Waals surface area (Å²) in [6.07, 6.45) is -3.52. The third kappa shape index (κ3) is 4.62. The smallest absolute Gasteiger partial charge is 0.307 e. The van der Waals surface area contributed by atoms with Crippen LogP contribution in [-0.2, 0) is 6.18 Å². The maximum atomic E-state index is 12.3. The number of nitrogens with one attached hydrogen (secondary N) is 3. The van der Waals surface area contributed by atoms with Crippen LogP contribution < -0.4 is 16.2 Å². The van der Waals surface area contributed by atoms with Crippen molar-refractivity contribution >= 4 is 11.7 Å². The van der Waals surface area contributed by atoms with Gasteiger partial charge in [0.1, 0.15) is 0 Å². The lowest BCUT2D eigenvalue weighted by Crippen LogP contribution is -2.40. The molecule has 1 aromatic carbocycles. The average Bonchev–Trinajstić information content (AvgIpc) is 2.29. The first-order chi connectivity index (χ1) is 8.43. The molecule has 4 nitrogen and oxygen atoms in total. The van der Waals surface area contributed by atoms with E-state index in [0.717, 1.165) is 18.6 Å². The van der Waals surface area contributed by atoms with Crippen molar-refractivity contribution in [3.63, 3.8) is 0 Å². The molecule has 1 aromatic rings. The number of hydrazine groups is 1. The van der Waals surface area contributed by atoms with Crippen molar-refractivity contribution in [3.05, 3.63) is 29.8 Å². The van der Waals surface area contributed by atoms with E-state index in [1.807, 2.05) is 6.92 Å². The van der Waals surface area contributed by atoms with Crippen LogP contribution in [0.5, 0.6) is 0 Å². The van der Waals surface area contributed by atoms with Crippen LogP contribution in [0.3, 0.4) is 0 Å². The topological polar surface area (TPSA) is 53.2 Å². The molecule has 100 valence electrons. The molecule has 0 aliphatic heterocycles. The van der Waals surface area contributed by atoms with E-state index in [2.05, 4.69) is 16.2 Å². The molecule has 0 saturated heterocycles. The van der Waals surface area contributed by atoms with Crippen molar-refractivity contribution in [1.82, 2.24) is 10.9 Å². The number of amides is 2. The molecule has 0 bridgehead atoms. The minimum atomic E-state index is -4.37. The number of alkyl halides is 3. The van der Waals surface area contributed by atoms with Gasteiger partial charge in [-0.3, -0.25) is 5.43 Å². The number of carbonyl (C=O) groups excluding carboxylic acids is 1. The van der Waals surface area contributed by atoms with Crippen molar-refractivity contribution in [2.75, 3.05) is 11.9 Å². The molecule has 0 saturated carbocycles. The second-order valence-electron chi connectivity index (χ2n) is 3.58. The first-order valence-corrected chi connectivity index (χ1v) is 5.40. The summed E-state index contributed by atoms with van der Waals surface area (Å²) < 4.78 is 36.8. The first kappa shape index (κ1) is 14.3. The summed E-state index contributed by atoms with van der Waals surface area (Å²) in [4.78, 5) is 11.3. The van der Waals surface area contributed by atoms with Gasteiger partial charge in [-0.1, -0.05) is 6.92 Å². The SMILES string of the molecule is CCCNNC(=O)Nc1ccc(C(F)(F)F)cc1. The largest absolute Gasteiger partial charge is 0.416 e. The van der Waals surface area contributed by atoms with Crippen LogP contribution in [0.2, 0.25) is 0 Å². The molecule has 7 heteroatoms. The molecule has 0 aromatic heterocycles. The van der Waals surface area contributed by atoms with Gasteiger partial charge in [-0.25, -0.2) is 10.2 Å². The monoisotopic (exact) mass is 261 g/mol. The predicted octanol–water partition coefficient (Wildman–Crippen LogP) is 2.74. The van der Waals surface area contributed by atoms with Crippen molar-refractivity contribution < 1.29 is 18.0 Å². The third-order valence-electron chi connectivity index (χ3n) is 2.05. The maximum Gasteiger partial charge on any atom is 0.416 e. The highest BCUT2D eigenvalue weighted by molar-refractivity contribution is 5.88. The molecule has 0 fully saturated rings. The van der Waals surface area contributed by atoms with E-state index in [4.69, 9.17) is 0 Å². The second-order valence-corrected chi connectivity index (χ2v) is 3.58. The van der Waals surface area contributed by atoms with E-state index in [1.165, 1.54) is 12.1 Å². The predicted molar refractivity (Wildman–Crippen MR) is 61.9 cm³/mol. The Morgan fingerprint density at radius 2 is 1.83 bits per heavy atom. The van der Waals surface area contributed by atoms with Crippen LogP contribution in [0.25, 0.3) is 0 Å². The number of hydrogen-bond donors (Lipinski definition) is 3.